The molecule has 0 radical (unpaired) electrons. The predicted molar refractivity (Wildman–Crippen MR) is 249 cm³/mol. The molecule has 0 aliphatic heterocycles. The van der Waals surface area contributed by atoms with Crippen LogP contribution in [0.4, 0.5) is 17.1 Å². The summed E-state index contributed by atoms with van der Waals surface area (Å²) >= 11 is 0. The Hall–Kier alpha value is -8.08. The Morgan fingerprint density at radius 2 is 0.800 bits per heavy atom. The van der Waals surface area contributed by atoms with Crippen molar-refractivity contribution in [3.63, 3.8) is 0 Å². The lowest BCUT2D eigenvalue weighted by atomic mass is 9.93. The highest BCUT2D eigenvalue weighted by atomic mass is 16.3. The number of aromatic nitrogens is 2. The lowest BCUT2D eigenvalue weighted by Gasteiger charge is -2.26. The topological polar surface area (TPSA) is 42.2 Å². The number of anilines is 3. The summed E-state index contributed by atoms with van der Waals surface area (Å²) in [6.07, 6.45) is 0. The Balaban J connectivity index is 1.03. The Morgan fingerprint density at radius 3 is 1.40 bits per heavy atom. The molecule has 0 unspecified atom stereocenters. The second-order valence-corrected chi connectivity index (χ2v) is 14.9. The van der Waals surface area contributed by atoms with Gasteiger partial charge in [0.15, 0.2) is 5.82 Å². The lowest BCUT2D eigenvalue weighted by Crippen LogP contribution is -2.09. The van der Waals surface area contributed by atoms with Crippen molar-refractivity contribution in [1.29, 1.82) is 0 Å². The molecule has 11 rings (SSSR count). The van der Waals surface area contributed by atoms with Crippen LogP contribution in [-0.4, -0.2) is 9.97 Å². The van der Waals surface area contributed by atoms with Crippen molar-refractivity contribution in [2.24, 2.45) is 0 Å². The average Bonchev–Trinajstić information content (AvgIpc) is 3.72. The largest absolute Gasteiger partial charge is 0.456 e. The van der Waals surface area contributed by atoms with Crippen LogP contribution in [0, 0.1) is 0 Å². The Labute approximate surface area is 348 Å². The molecule has 0 bridgehead atoms. The number of rotatable bonds is 8. The molecule has 0 fully saturated rings. The number of benzene rings is 9. The van der Waals surface area contributed by atoms with Gasteiger partial charge < -0.3 is 9.32 Å². The van der Waals surface area contributed by atoms with E-state index >= 15 is 0 Å². The zero-order valence-corrected chi connectivity index (χ0v) is 32.6. The minimum absolute atomic E-state index is 0.657. The van der Waals surface area contributed by atoms with Crippen molar-refractivity contribution in [2.75, 3.05) is 4.90 Å². The molecule has 0 aliphatic carbocycles. The number of nitrogens with zero attached hydrogens (tertiary/aromatic N) is 3. The van der Waals surface area contributed by atoms with Gasteiger partial charge in [-0.3, -0.25) is 0 Å². The van der Waals surface area contributed by atoms with Crippen molar-refractivity contribution >= 4 is 49.8 Å². The van der Waals surface area contributed by atoms with Gasteiger partial charge in [-0.1, -0.05) is 170 Å². The number of hydrogen-bond acceptors (Lipinski definition) is 4. The highest BCUT2D eigenvalue weighted by molar-refractivity contribution is 6.25. The minimum atomic E-state index is 0.657. The fourth-order valence-corrected chi connectivity index (χ4v) is 8.43. The van der Waals surface area contributed by atoms with Crippen LogP contribution in [0.1, 0.15) is 0 Å². The van der Waals surface area contributed by atoms with Gasteiger partial charge in [-0.05, 0) is 87.6 Å². The molecule has 2 aromatic heterocycles. The summed E-state index contributed by atoms with van der Waals surface area (Å²) in [5, 5.41) is 4.33. The normalized spacial score (nSPS) is 11.3. The van der Waals surface area contributed by atoms with Crippen LogP contribution in [0.5, 0.6) is 0 Å². The molecule has 0 saturated carbocycles. The van der Waals surface area contributed by atoms with Crippen LogP contribution in [-0.2, 0) is 0 Å². The molecule has 0 atom stereocenters. The molecule has 2 heterocycles. The summed E-state index contributed by atoms with van der Waals surface area (Å²) < 4.78 is 6.77. The van der Waals surface area contributed by atoms with E-state index in [1.807, 2.05) is 48.5 Å². The molecule has 60 heavy (non-hydrogen) atoms. The van der Waals surface area contributed by atoms with Gasteiger partial charge in [-0.15, -0.1) is 0 Å². The lowest BCUT2D eigenvalue weighted by molar-refractivity contribution is 0.669. The fourth-order valence-electron chi connectivity index (χ4n) is 8.43. The van der Waals surface area contributed by atoms with Gasteiger partial charge in [0.1, 0.15) is 11.2 Å². The van der Waals surface area contributed by atoms with Gasteiger partial charge in [0.05, 0.1) is 11.4 Å². The summed E-state index contributed by atoms with van der Waals surface area (Å²) in [5.74, 6) is 0.657. The molecule has 11 aromatic rings. The highest BCUT2D eigenvalue weighted by Crippen LogP contribution is 2.44. The van der Waals surface area contributed by atoms with E-state index in [-0.39, 0.29) is 0 Å². The zero-order chi connectivity index (χ0) is 39.8. The molecule has 0 aliphatic rings. The van der Waals surface area contributed by atoms with Gasteiger partial charge in [0, 0.05) is 44.5 Å². The molecular weight excluding hydrogens is 731 g/mol. The first-order valence-electron chi connectivity index (χ1n) is 20.2. The quantitative estimate of drug-likeness (QED) is 0.154. The molecule has 282 valence electrons. The fraction of sp³-hybridized carbons (Fsp3) is 0. The Kier molecular flexibility index (Phi) is 8.79. The number of hydrogen-bond donors (Lipinski definition) is 0. The SMILES string of the molecule is c1ccc(-c2ccc(N(c3ccccc3)c3ccc(-c4cc5oc6cccc(-c7nc(-c8ccccc8)cc(-c8ccccc8)n7)c6c5c5ccccc45)cc3)cc2)cc1. The van der Waals surface area contributed by atoms with E-state index in [0.29, 0.717) is 5.82 Å². The van der Waals surface area contributed by atoms with E-state index in [1.54, 1.807) is 0 Å². The first-order chi connectivity index (χ1) is 29.7. The van der Waals surface area contributed by atoms with Gasteiger partial charge >= 0.3 is 0 Å². The van der Waals surface area contributed by atoms with Gasteiger partial charge in [0.25, 0.3) is 0 Å². The molecular formula is C56H37N3O. The van der Waals surface area contributed by atoms with Crippen LogP contribution in [0.15, 0.2) is 229 Å². The van der Waals surface area contributed by atoms with Crippen LogP contribution in [0.2, 0.25) is 0 Å². The molecule has 4 heteroatoms. The van der Waals surface area contributed by atoms with E-state index in [4.69, 9.17) is 14.4 Å². The number of fused-ring (bicyclic) bond motifs is 5. The summed E-state index contributed by atoms with van der Waals surface area (Å²) in [6, 6.07) is 78.5. The van der Waals surface area contributed by atoms with E-state index in [2.05, 4.69) is 181 Å². The van der Waals surface area contributed by atoms with Crippen molar-refractivity contribution in [1.82, 2.24) is 9.97 Å². The third-order valence-corrected chi connectivity index (χ3v) is 11.3. The Bertz CT molecular complexity index is 3210. The molecule has 0 amide bonds. The average molecular weight is 768 g/mol. The van der Waals surface area contributed by atoms with Crippen molar-refractivity contribution in [3.05, 3.63) is 224 Å². The smallest absolute Gasteiger partial charge is 0.161 e. The summed E-state index contributed by atoms with van der Waals surface area (Å²) in [6.45, 7) is 0. The summed E-state index contributed by atoms with van der Waals surface area (Å²) in [5.41, 5.74) is 14.2. The molecule has 0 spiro atoms. The predicted octanol–water partition coefficient (Wildman–Crippen LogP) is 15.3. The molecule has 0 saturated heterocycles. The van der Waals surface area contributed by atoms with Gasteiger partial charge in [0.2, 0.25) is 0 Å². The van der Waals surface area contributed by atoms with E-state index in [0.717, 1.165) is 89.0 Å². The first kappa shape index (κ1) is 35.1. The minimum Gasteiger partial charge on any atom is -0.456 e. The maximum atomic E-state index is 6.77. The van der Waals surface area contributed by atoms with E-state index in [9.17, 15) is 0 Å². The highest BCUT2D eigenvalue weighted by Gasteiger charge is 2.21. The van der Waals surface area contributed by atoms with Crippen LogP contribution < -0.4 is 4.90 Å². The van der Waals surface area contributed by atoms with E-state index < -0.39 is 0 Å². The van der Waals surface area contributed by atoms with E-state index in [1.165, 1.54) is 11.1 Å². The third-order valence-electron chi connectivity index (χ3n) is 11.3. The molecule has 9 aromatic carbocycles. The van der Waals surface area contributed by atoms with Crippen molar-refractivity contribution in [2.45, 2.75) is 0 Å². The van der Waals surface area contributed by atoms with Crippen LogP contribution in [0.3, 0.4) is 0 Å². The summed E-state index contributed by atoms with van der Waals surface area (Å²) in [7, 11) is 0. The monoisotopic (exact) mass is 767 g/mol. The Morgan fingerprint density at radius 1 is 0.317 bits per heavy atom. The van der Waals surface area contributed by atoms with Crippen LogP contribution in [0.25, 0.3) is 88.9 Å². The molecule has 4 nitrogen and oxygen atoms in total. The zero-order valence-electron chi connectivity index (χ0n) is 32.6. The maximum absolute atomic E-state index is 6.77. The maximum Gasteiger partial charge on any atom is 0.161 e. The molecule has 0 N–H and O–H groups in total. The van der Waals surface area contributed by atoms with Gasteiger partial charge in [-0.25, -0.2) is 9.97 Å². The number of furan rings is 1. The van der Waals surface area contributed by atoms with Gasteiger partial charge in [-0.2, -0.15) is 0 Å². The second-order valence-electron chi connectivity index (χ2n) is 14.9. The second kappa shape index (κ2) is 15.0. The third kappa shape index (κ3) is 6.37. The number of para-hydroxylation sites is 1. The first-order valence-corrected chi connectivity index (χ1v) is 20.2. The standard InChI is InChI=1S/C56H37N3O/c1-5-16-38(17-6-1)39-28-32-44(33-29-39)59(43-22-11-4-12-23-43)45-34-30-40(31-35-45)49-36-53-54(47-25-14-13-24-46(47)49)55-48(26-15-27-52(55)60-53)56-57-50(41-18-7-2-8-19-41)37-51(58-56)42-20-9-3-10-21-42/h1-37H. The van der Waals surface area contributed by atoms with Crippen LogP contribution >= 0.6 is 0 Å². The van der Waals surface area contributed by atoms with Crippen molar-refractivity contribution in [3.8, 4) is 56.2 Å². The van der Waals surface area contributed by atoms with Crippen molar-refractivity contribution < 1.29 is 4.42 Å². The summed E-state index contributed by atoms with van der Waals surface area (Å²) in [4.78, 5) is 12.7.